The van der Waals surface area contributed by atoms with Crippen molar-refractivity contribution in [1.29, 1.82) is 0 Å². The van der Waals surface area contributed by atoms with Crippen LogP contribution < -0.4 is 0 Å². The van der Waals surface area contributed by atoms with E-state index in [0.29, 0.717) is 18.5 Å². The van der Waals surface area contributed by atoms with Gasteiger partial charge in [-0.25, -0.2) is 4.39 Å². The summed E-state index contributed by atoms with van der Waals surface area (Å²) in [5.74, 6) is -0.392. The Hall–Kier alpha value is -1.72. The van der Waals surface area contributed by atoms with E-state index in [1.807, 2.05) is 0 Å². The second-order valence-electron chi connectivity index (χ2n) is 5.10. The van der Waals surface area contributed by atoms with Crippen LogP contribution in [0.4, 0.5) is 4.39 Å². The van der Waals surface area contributed by atoms with Crippen molar-refractivity contribution in [3.05, 3.63) is 41.7 Å². The minimum atomic E-state index is -0.310. The number of nitrogens with zero attached hydrogens (tertiary/aromatic N) is 1. The quantitative estimate of drug-likeness (QED) is 0.901. The summed E-state index contributed by atoms with van der Waals surface area (Å²) in [6, 6.07) is 6.22. The largest absolute Gasteiger partial charge is 0.394 e. The number of ether oxygens (including phenoxy) is 1. The van der Waals surface area contributed by atoms with Gasteiger partial charge in [-0.05, 0) is 12.5 Å². The second kappa shape index (κ2) is 7.33. The number of aliphatic hydroxyl groups is 1. The van der Waals surface area contributed by atoms with Gasteiger partial charge < -0.3 is 14.7 Å². The number of hydrogen-bond donors (Lipinski definition) is 1. The summed E-state index contributed by atoms with van der Waals surface area (Å²) in [6.45, 7) is 0.427. The lowest BCUT2D eigenvalue weighted by Crippen LogP contribution is -2.37. The van der Waals surface area contributed by atoms with Crippen LogP contribution in [0, 0.1) is 5.82 Å². The van der Waals surface area contributed by atoms with Crippen molar-refractivity contribution < 1.29 is 19.0 Å². The molecule has 2 atom stereocenters. The van der Waals surface area contributed by atoms with Gasteiger partial charge in [0.1, 0.15) is 5.82 Å². The highest BCUT2D eigenvalue weighted by atomic mass is 19.1. The summed E-state index contributed by atoms with van der Waals surface area (Å²) in [7, 11) is 1.60. The molecule has 114 valence electrons. The first-order chi connectivity index (χ1) is 10.2. The first-order valence-electron chi connectivity index (χ1n) is 7.00. The van der Waals surface area contributed by atoms with E-state index in [1.165, 1.54) is 6.07 Å². The highest BCUT2D eigenvalue weighted by molar-refractivity contribution is 5.79. The summed E-state index contributed by atoms with van der Waals surface area (Å²) in [4.78, 5) is 13.8. The molecule has 0 spiro atoms. The number of rotatable bonds is 5. The number of benzene rings is 1. The van der Waals surface area contributed by atoms with Gasteiger partial charge in [0.15, 0.2) is 0 Å². The van der Waals surface area contributed by atoms with Crippen molar-refractivity contribution in [2.24, 2.45) is 0 Å². The van der Waals surface area contributed by atoms with Gasteiger partial charge in [-0.3, -0.25) is 4.79 Å². The van der Waals surface area contributed by atoms with Gasteiger partial charge in [0.2, 0.25) is 5.91 Å². The normalized spacial score (nSPS) is 22.1. The predicted octanol–water partition coefficient (Wildman–Crippen LogP) is 1.84. The van der Waals surface area contributed by atoms with E-state index >= 15 is 0 Å². The average Bonchev–Trinajstić information content (AvgIpc) is 2.92. The standard InChI is InChI=1S/C16H20FNO3/c1-21-14-9-13(11-19)18(10-14)16(20)8-4-6-12-5-2-3-7-15(12)17/h2-7,13-14,19H,8-11H2,1H3/b6-4+/t13-,14+/m0/s1. The second-order valence-corrected chi connectivity index (χ2v) is 5.10. The van der Waals surface area contributed by atoms with E-state index in [2.05, 4.69) is 0 Å². The topological polar surface area (TPSA) is 49.8 Å². The maximum absolute atomic E-state index is 13.4. The number of carbonyl (C=O) groups excluding carboxylic acids is 1. The zero-order valence-corrected chi connectivity index (χ0v) is 12.0. The van der Waals surface area contributed by atoms with Crippen molar-refractivity contribution in [3.8, 4) is 0 Å². The Labute approximate surface area is 123 Å². The molecule has 1 heterocycles. The Morgan fingerprint density at radius 2 is 2.29 bits per heavy atom. The molecule has 0 aromatic heterocycles. The van der Waals surface area contributed by atoms with Gasteiger partial charge in [0.05, 0.1) is 18.8 Å². The third-order valence-corrected chi connectivity index (χ3v) is 3.74. The molecule has 21 heavy (non-hydrogen) atoms. The molecular formula is C16H20FNO3. The zero-order valence-electron chi connectivity index (χ0n) is 12.0. The SMILES string of the molecule is CO[C@@H]1C[C@@H](CO)N(C(=O)C/C=C/c2ccccc2F)C1. The molecule has 0 bridgehead atoms. The minimum absolute atomic E-state index is 0.0263. The molecule has 2 rings (SSSR count). The van der Waals surface area contributed by atoms with Gasteiger partial charge in [-0.15, -0.1) is 0 Å². The number of hydrogen-bond acceptors (Lipinski definition) is 3. The van der Waals surface area contributed by atoms with Crippen LogP contribution in [0.1, 0.15) is 18.4 Å². The molecule has 1 N–H and O–H groups in total. The van der Waals surface area contributed by atoms with E-state index < -0.39 is 0 Å². The predicted molar refractivity (Wildman–Crippen MR) is 78.1 cm³/mol. The van der Waals surface area contributed by atoms with Gasteiger partial charge in [-0.2, -0.15) is 0 Å². The molecule has 1 saturated heterocycles. The van der Waals surface area contributed by atoms with Crippen molar-refractivity contribution in [2.75, 3.05) is 20.3 Å². The molecule has 5 heteroatoms. The Morgan fingerprint density at radius 1 is 1.52 bits per heavy atom. The highest BCUT2D eigenvalue weighted by Crippen LogP contribution is 2.20. The third-order valence-electron chi connectivity index (χ3n) is 3.74. The molecule has 0 radical (unpaired) electrons. The van der Waals surface area contributed by atoms with Crippen LogP contribution in [0.2, 0.25) is 0 Å². The maximum Gasteiger partial charge on any atom is 0.226 e. The molecule has 1 amide bonds. The fraction of sp³-hybridized carbons (Fsp3) is 0.438. The van der Waals surface area contributed by atoms with E-state index in [4.69, 9.17) is 4.74 Å². The van der Waals surface area contributed by atoms with Crippen molar-refractivity contribution >= 4 is 12.0 Å². The van der Waals surface area contributed by atoms with Gasteiger partial charge >= 0.3 is 0 Å². The first-order valence-corrected chi connectivity index (χ1v) is 7.00. The molecular weight excluding hydrogens is 273 g/mol. The fourth-order valence-electron chi connectivity index (χ4n) is 2.54. The van der Waals surface area contributed by atoms with Crippen LogP contribution in [0.5, 0.6) is 0 Å². The molecule has 4 nitrogen and oxygen atoms in total. The lowest BCUT2D eigenvalue weighted by Gasteiger charge is -2.22. The summed E-state index contributed by atoms with van der Waals surface area (Å²) in [5.41, 5.74) is 0.459. The molecule has 0 saturated carbocycles. The summed E-state index contributed by atoms with van der Waals surface area (Å²) >= 11 is 0. The molecule has 1 fully saturated rings. The van der Waals surface area contributed by atoms with Crippen LogP contribution in [-0.4, -0.2) is 48.3 Å². The smallest absolute Gasteiger partial charge is 0.226 e. The average molecular weight is 293 g/mol. The summed E-state index contributed by atoms with van der Waals surface area (Å²) < 4.78 is 18.7. The van der Waals surface area contributed by atoms with Gasteiger partial charge in [0, 0.05) is 25.6 Å². The Bertz CT molecular complexity index is 518. The van der Waals surface area contributed by atoms with E-state index in [1.54, 1.807) is 42.4 Å². The van der Waals surface area contributed by atoms with Gasteiger partial charge in [-0.1, -0.05) is 30.4 Å². The molecule has 1 aromatic carbocycles. The number of methoxy groups -OCH3 is 1. The van der Waals surface area contributed by atoms with Crippen molar-refractivity contribution in [2.45, 2.75) is 25.0 Å². The zero-order chi connectivity index (χ0) is 15.2. The van der Waals surface area contributed by atoms with Crippen LogP contribution in [0.15, 0.2) is 30.3 Å². The van der Waals surface area contributed by atoms with E-state index in [0.717, 1.165) is 0 Å². The Balaban J connectivity index is 1.94. The number of amides is 1. The van der Waals surface area contributed by atoms with Crippen LogP contribution in [-0.2, 0) is 9.53 Å². The number of aliphatic hydroxyl groups excluding tert-OH is 1. The fourth-order valence-corrected chi connectivity index (χ4v) is 2.54. The van der Waals surface area contributed by atoms with Gasteiger partial charge in [0.25, 0.3) is 0 Å². The first kappa shape index (κ1) is 15.7. The molecule has 0 unspecified atom stereocenters. The van der Waals surface area contributed by atoms with Crippen molar-refractivity contribution in [3.63, 3.8) is 0 Å². The summed E-state index contributed by atoms with van der Waals surface area (Å²) in [5, 5.41) is 9.32. The van der Waals surface area contributed by atoms with E-state index in [9.17, 15) is 14.3 Å². The van der Waals surface area contributed by atoms with Crippen LogP contribution >= 0.6 is 0 Å². The molecule has 1 aromatic rings. The number of halogens is 1. The van der Waals surface area contributed by atoms with E-state index in [-0.39, 0.29) is 36.9 Å². The monoisotopic (exact) mass is 293 g/mol. The molecule has 1 aliphatic heterocycles. The van der Waals surface area contributed by atoms with Crippen molar-refractivity contribution in [1.82, 2.24) is 4.90 Å². The highest BCUT2D eigenvalue weighted by Gasteiger charge is 2.34. The number of carbonyl (C=O) groups is 1. The molecule has 0 aliphatic carbocycles. The third kappa shape index (κ3) is 3.89. The Kier molecular flexibility index (Phi) is 5.47. The Morgan fingerprint density at radius 3 is 2.95 bits per heavy atom. The lowest BCUT2D eigenvalue weighted by molar-refractivity contribution is -0.132. The summed E-state index contributed by atoms with van der Waals surface area (Å²) in [6.07, 6.45) is 4.05. The minimum Gasteiger partial charge on any atom is -0.394 e. The number of likely N-dealkylation sites (tertiary alicyclic amines) is 1. The van der Waals surface area contributed by atoms with Crippen LogP contribution in [0.3, 0.4) is 0 Å². The molecule has 1 aliphatic rings. The maximum atomic E-state index is 13.4. The lowest BCUT2D eigenvalue weighted by atomic mass is 10.2. The van der Waals surface area contributed by atoms with Crippen LogP contribution in [0.25, 0.3) is 6.08 Å².